The largest absolute Gasteiger partial charge is 0.326 e. The summed E-state index contributed by atoms with van der Waals surface area (Å²) in [5.41, 5.74) is 1.94. The average molecular weight is 349 g/mol. The fourth-order valence-electron chi connectivity index (χ4n) is 2.22. The summed E-state index contributed by atoms with van der Waals surface area (Å²) in [5.74, 6) is -0.943. The zero-order valence-electron chi connectivity index (χ0n) is 13.5. The Morgan fingerprint density at radius 1 is 1.21 bits per heavy atom. The standard InChI is InChI=1S/C18H18ClFN2O2/c1-12-6-7-15(11-17(12)19)21-18(24)8-9-22(13(2)23)16-5-3-4-14(20)10-16/h3-7,10-11H,8-9H2,1-2H3,(H,21,24). The molecule has 0 unspecified atom stereocenters. The Kier molecular flexibility index (Phi) is 5.93. The second-order valence-electron chi connectivity index (χ2n) is 5.41. The molecule has 2 aromatic rings. The predicted octanol–water partition coefficient (Wildman–Crippen LogP) is 4.17. The van der Waals surface area contributed by atoms with Gasteiger partial charge in [0.1, 0.15) is 5.82 Å². The number of carbonyl (C=O) groups is 2. The molecule has 0 bridgehead atoms. The first-order valence-corrected chi connectivity index (χ1v) is 7.84. The maximum Gasteiger partial charge on any atom is 0.226 e. The van der Waals surface area contributed by atoms with Crippen molar-refractivity contribution in [3.8, 4) is 0 Å². The highest BCUT2D eigenvalue weighted by atomic mass is 35.5. The van der Waals surface area contributed by atoms with Crippen molar-refractivity contribution in [3.05, 3.63) is 58.9 Å². The first kappa shape index (κ1) is 17.9. The van der Waals surface area contributed by atoms with Crippen molar-refractivity contribution in [3.63, 3.8) is 0 Å². The maximum absolute atomic E-state index is 13.3. The highest BCUT2D eigenvalue weighted by Crippen LogP contribution is 2.20. The molecule has 6 heteroatoms. The normalized spacial score (nSPS) is 10.3. The molecule has 0 aliphatic rings. The van der Waals surface area contributed by atoms with Crippen molar-refractivity contribution in [2.75, 3.05) is 16.8 Å². The average Bonchev–Trinajstić information content (AvgIpc) is 2.51. The molecule has 1 N–H and O–H groups in total. The molecule has 0 fully saturated rings. The van der Waals surface area contributed by atoms with Crippen LogP contribution in [0.2, 0.25) is 5.02 Å². The zero-order valence-corrected chi connectivity index (χ0v) is 14.2. The van der Waals surface area contributed by atoms with E-state index in [0.29, 0.717) is 16.4 Å². The quantitative estimate of drug-likeness (QED) is 0.881. The molecule has 24 heavy (non-hydrogen) atoms. The van der Waals surface area contributed by atoms with Crippen LogP contribution in [0.3, 0.4) is 0 Å². The molecule has 0 radical (unpaired) electrons. The van der Waals surface area contributed by atoms with Crippen LogP contribution >= 0.6 is 11.6 Å². The van der Waals surface area contributed by atoms with E-state index >= 15 is 0 Å². The predicted molar refractivity (Wildman–Crippen MR) is 93.9 cm³/mol. The number of carbonyl (C=O) groups excluding carboxylic acids is 2. The maximum atomic E-state index is 13.3. The third-order valence-corrected chi connectivity index (χ3v) is 3.93. The Morgan fingerprint density at radius 2 is 1.96 bits per heavy atom. The van der Waals surface area contributed by atoms with E-state index in [1.807, 2.05) is 13.0 Å². The Bertz CT molecular complexity index is 764. The second-order valence-corrected chi connectivity index (χ2v) is 5.82. The minimum absolute atomic E-state index is 0.0849. The fourth-order valence-corrected chi connectivity index (χ4v) is 2.40. The number of nitrogens with zero attached hydrogens (tertiary/aromatic N) is 1. The Labute approximate surface area is 145 Å². The molecule has 0 aromatic heterocycles. The van der Waals surface area contributed by atoms with E-state index in [1.165, 1.54) is 30.0 Å². The summed E-state index contributed by atoms with van der Waals surface area (Å²) in [5, 5.41) is 3.30. The third-order valence-electron chi connectivity index (χ3n) is 3.52. The monoisotopic (exact) mass is 348 g/mol. The molecule has 126 valence electrons. The number of benzene rings is 2. The van der Waals surface area contributed by atoms with Crippen LogP contribution in [-0.4, -0.2) is 18.4 Å². The summed E-state index contributed by atoms with van der Waals surface area (Å²) < 4.78 is 13.3. The lowest BCUT2D eigenvalue weighted by molar-refractivity contribution is -0.117. The molecule has 0 spiro atoms. The fraction of sp³-hybridized carbons (Fsp3) is 0.222. The van der Waals surface area contributed by atoms with Crippen molar-refractivity contribution in [1.82, 2.24) is 0 Å². The van der Waals surface area contributed by atoms with Gasteiger partial charge < -0.3 is 10.2 Å². The number of amides is 2. The van der Waals surface area contributed by atoms with Crippen molar-refractivity contribution < 1.29 is 14.0 Å². The molecular weight excluding hydrogens is 331 g/mol. The second kappa shape index (κ2) is 7.93. The molecule has 0 heterocycles. The number of rotatable bonds is 5. The van der Waals surface area contributed by atoms with Gasteiger partial charge in [-0.1, -0.05) is 23.7 Å². The molecule has 0 saturated carbocycles. The van der Waals surface area contributed by atoms with Crippen molar-refractivity contribution >= 4 is 34.8 Å². The van der Waals surface area contributed by atoms with E-state index in [9.17, 15) is 14.0 Å². The van der Waals surface area contributed by atoms with Gasteiger partial charge in [-0.2, -0.15) is 0 Å². The summed E-state index contributed by atoms with van der Waals surface area (Å²) in [6.45, 7) is 3.41. The lowest BCUT2D eigenvalue weighted by Crippen LogP contribution is -2.32. The van der Waals surface area contributed by atoms with Crippen LogP contribution < -0.4 is 10.2 Å². The summed E-state index contributed by atoms with van der Waals surface area (Å²) in [6.07, 6.45) is 0.0849. The molecule has 2 aromatic carbocycles. The number of nitrogens with one attached hydrogen (secondary N) is 1. The number of hydrogen-bond donors (Lipinski definition) is 1. The SMILES string of the molecule is CC(=O)N(CCC(=O)Nc1ccc(C)c(Cl)c1)c1cccc(F)c1. The van der Waals surface area contributed by atoms with Gasteiger partial charge in [-0.25, -0.2) is 4.39 Å². The topological polar surface area (TPSA) is 49.4 Å². The van der Waals surface area contributed by atoms with Crippen molar-refractivity contribution in [2.24, 2.45) is 0 Å². The number of halogens is 2. The van der Waals surface area contributed by atoms with Crippen LogP contribution in [0.1, 0.15) is 18.9 Å². The van der Waals surface area contributed by atoms with Gasteiger partial charge in [0.05, 0.1) is 0 Å². The van der Waals surface area contributed by atoms with E-state index in [2.05, 4.69) is 5.32 Å². The molecule has 0 aliphatic heterocycles. The summed E-state index contributed by atoms with van der Waals surface area (Å²) in [6, 6.07) is 11.0. The smallest absolute Gasteiger partial charge is 0.226 e. The molecular formula is C18H18ClFN2O2. The molecule has 0 atom stereocenters. The zero-order chi connectivity index (χ0) is 17.7. The van der Waals surface area contributed by atoms with E-state index in [4.69, 9.17) is 11.6 Å². The van der Waals surface area contributed by atoms with E-state index in [1.54, 1.807) is 18.2 Å². The number of anilines is 2. The van der Waals surface area contributed by atoms with Gasteiger partial charge in [0.2, 0.25) is 11.8 Å². The highest BCUT2D eigenvalue weighted by Gasteiger charge is 2.14. The number of aryl methyl sites for hydroxylation is 1. The van der Waals surface area contributed by atoms with E-state index < -0.39 is 5.82 Å². The summed E-state index contributed by atoms with van der Waals surface area (Å²) >= 11 is 6.02. The molecule has 0 saturated heterocycles. The van der Waals surface area contributed by atoms with Crippen molar-refractivity contribution in [2.45, 2.75) is 20.3 Å². The minimum Gasteiger partial charge on any atom is -0.326 e. The van der Waals surface area contributed by atoms with E-state index in [0.717, 1.165) is 5.56 Å². The Hall–Kier alpha value is -2.40. The van der Waals surface area contributed by atoms with Gasteiger partial charge >= 0.3 is 0 Å². The number of hydrogen-bond acceptors (Lipinski definition) is 2. The summed E-state index contributed by atoms with van der Waals surface area (Å²) in [7, 11) is 0. The Balaban J connectivity index is 2.00. The minimum atomic E-state index is -0.433. The lowest BCUT2D eigenvalue weighted by Gasteiger charge is -2.21. The molecule has 2 amide bonds. The van der Waals surface area contributed by atoms with Crippen LogP contribution in [0.5, 0.6) is 0 Å². The van der Waals surface area contributed by atoms with Gasteiger partial charge in [0, 0.05) is 36.3 Å². The lowest BCUT2D eigenvalue weighted by atomic mass is 10.2. The van der Waals surface area contributed by atoms with Crippen LogP contribution in [0.25, 0.3) is 0 Å². The van der Waals surface area contributed by atoms with Gasteiger partial charge in [0.15, 0.2) is 0 Å². The third kappa shape index (κ3) is 4.80. The van der Waals surface area contributed by atoms with Gasteiger partial charge in [-0.3, -0.25) is 9.59 Å². The van der Waals surface area contributed by atoms with Crippen LogP contribution in [-0.2, 0) is 9.59 Å². The highest BCUT2D eigenvalue weighted by molar-refractivity contribution is 6.31. The van der Waals surface area contributed by atoms with Crippen LogP contribution in [0, 0.1) is 12.7 Å². The van der Waals surface area contributed by atoms with Crippen LogP contribution in [0.15, 0.2) is 42.5 Å². The summed E-state index contributed by atoms with van der Waals surface area (Å²) in [4.78, 5) is 25.2. The van der Waals surface area contributed by atoms with Crippen molar-refractivity contribution in [1.29, 1.82) is 0 Å². The van der Waals surface area contributed by atoms with E-state index in [-0.39, 0.29) is 24.8 Å². The molecule has 2 rings (SSSR count). The van der Waals surface area contributed by atoms with Gasteiger partial charge in [-0.05, 0) is 42.8 Å². The molecule has 0 aliphatic carbocycles. The van der Waals surface area contributed by atoms with Gasteiger partial charge in [0.25, 0.3) is 0 Å². The van der Waals surface area contributed by atoms with Gasteiger partial charge in [-0.15, -0.1) is 0 Å². The first-order chi connectivity index (χ1) is 11.4. The van der Waals surface area contributed by atoms with Crippen LogP contribution in [0.4, 0.5) is 15.8 Å². The molecule has 4 nitrogen and oxygen atoms in total. The first-order valence-electron chi connectivity index (χ1n) is 7.46. The Morgan fingerprint density at radius 3 is 2.58 bits per heavy atom.